The topological polar surface area (TPSA) is 46.2 Å². The van der Waals surface area contributed by atoms with Gasteiger partial charge in [0.05, 0.1) is 4.90 Å². The molecular formula is C20H27NO2S2. The van der Waals surface area contributed by atoms with Crippen LogP contribution in [0.25, 0.3) is 0 Å². The fourth-order valence-electron chi connectivity index (χ4n) is 4.07. The van der Waals surface area contributed by atoms with Gasteiger partial charge in [-0.1, -0.05) is 18.9 Å². The van der Waals surface area contributed by atoms with Gasteiger partial charge in [-0.15, -0.1) is 0 Å². The molecule has 1 saturated carbocycles. The lowest BCUT2D eigenvalue weighted by Crippen LogP contribution is -2.39. The van der Waals surface area contributed by atoms with Gasteiger partial charge in [0.2, 0.25) is 10.0 Å². The van der Waals surface area contributed by atoms with E-state index in [4.69, 9.17) is 0 Å². The fourth-order valence-corrected chi connectivity index (χ4v) is 6.59. The van der Waals surface area contributed by atoms with Crippen molar-refractivity contribution in [3.05, 3.63) is 50.7 Å². The summed E-state index contributed by atoms with van der Waals surface area (Å²) in [6.45, 7) is 8.24. The lowest BCUT2D eigenvalue weighted by Gasteiger charge is -2.29. The molecule has 0 radical (unpaired) electrons. The molecule has 1 aromatic heterocycles. The van der Waals surface area contributed by atoms with Gasteiger partial charge in [-0.2, -0.15) is 11.3 Å². The Bertz CT molecular complexity index is 835. The highest BCUT2D eigenvalue weighted by Gasteiger charge is 2.37. The largest absolute Gasteiger partial charge is 0.241 e. The third-order valence-corrected chi connectivity index (χ3v) is 8.22. The van der Waals surface area contributed by atoms with E-state index >= 15 is 0 Å². The van der Waals surface area contributed by atoms with Crippen LogP contribution in [0.3, 0.4) is 0 Å². The Balaban J connectivity index is 1.93. The van der Waals surface area contributed by atoms with Gasteiger partial charge in [0.1, 0.15) is 0 Å². The van der Waals surface area contributed by atoms with Crippen LogP contribution in [0.15, 0.2) is 27.8 Å². The zero-order valence-electron chi connectivity index (χ0n) is 15.5. The third kappa shape index (κ3) is 3.42. The van der Waals surface area contributed by atoms with Gasteiger partial charge in [0, 0.05) is 12.0 Å². The van der Waals surface area contributed by atoms with Crippen molar-refractivity contribution in [2.45, 2.75) is 63.7 Å². The molecule has 0 atom stereocenters. The van der Waals surface area contributed by atoms with Gasteiger partial charge in [-0.05, 0) is 85.2 Å². The second-order valence-corrected chi connectivity index (χ2v) is 9.90. The van der Waals surface area contributed by atoms with Crippen molar-refractivity contribution < 1.29 is 8.42 Å². The average Bonchev–Trinajstić information content (AvgIpc) is 3.23. The molecule has 136 valence electrons. The average molecular weight is 378 g/mol. The number of aryl methyl sites for hydroxylation is 2. The maximum atomic E-state index is 13.1. The second-order valence-electron chi connectivity index (χ2n) is 7.41. The highest BCUT2D eigenvalue weighted by atomic mass is 32.2. The summed E-state index contributed by atoms with van der Waals surface area (Å²) in [6.07, 6.45) is 4.44. The monoisotopic (exact) mass is 377 g/mol. The number of rotatable bonds is 5. The quantitative estimate of drug-likeness (QED) is 0.815. The fraction of sp³-hybridized carbons (Fsp3) is 0.500. The predicted octanol–water partition coefficient (Wildman–Crippen LogP) is 4.77. The molecule has 1 fully saturated rings. The van der Waals surface area contributed by atoms with Gasteiger partial charge >= 0.3 is 0 Å². The maximum Gasteiger partial charge on any atom is 0.241 e. The summed E-state index contributed by atoms with van der Waals surface area (Å²) in [5.41, 5.74) is 4.99. The predicted molar refractivity (Wildman–Crippen MR) is 105 cm³/mol. The molecule has 1 aliphatic carbocycles. The minimum Gasteiger partial charge on any atom is -0.210 e. The first kappa shape index (κ1) is 18.6. The molecule has 25 heavy (non-hydrogen) atoms. The van der Waals surface area contributed by atoms with E-state index in [0.29, 0.717) is 11.4 Å². The molecular weight excluding hydrogens is 350 g/mol. The summed E-state index contributed by atoms with van der Waals surface area (Å²) in [5, 5.41) is 4.26. The summed E-state index contributed by atoms with van der Waals surface area (Å²) in [6, 6.07) is 4.21. The summed E-state index contributed by atoms with van der Waals surface area (Å²) in [7, 11) is -3.53. The van der Waals surface area contributed by atoms with Crippen molar-refractivity contribution in [2.24, 2.45) is 0 Å². The highest BCUT2D eigenvalue weighted by molar-refractivity contribution is 7.89. The SMILES string of the molecule is Cc1cc(C)c(C)c(S(=O)(=O)NCC2(c3ccsc3)CCCC2)c1C. The van der Waals surface area contributed by atoms with E-state index in [1.54, 1.807) is 11.3 Å². The minimum absolute atomic E-state index is 0.0479. The van der Waals surface area contributed by atoms with Gasteiger partial charge in [-0.25, -0.2) is 13.1 Å². The van der Waals surface area contributed by atoms with Crippen molar-refractivity contribution in [1.82, 2.24) is 4.72 Å². The molecule has 0 amide bonds. The van der Waals surface area contributed by atoms with Gasteiger partial charge < -0.3 is 0 Å². The van der Waals surface area contributed by atoms with Crippen LogP contribution in [0, 0.1) is 27.7 Å². The maximum absolute atomic E-state index is 13.1. The molecule has 1 aliphatic rings. The highest BCUT2D eigenvalue weighted by Crippen LogP contribution is 2.41. The van der Waals surface area contributed by atoms with E-state index in [9.17, 15) is 8.42 Å². The molecule has 1 N–H and O–H groups in total. The molecule has 1 heterocycles. The first-order valence-electron chi connectivity index (χ1n) is 8.87. The van der Waals surface area contributed by atoms with E-state index in [1.165, 1.54) is 18.4 Å². The molecule has 3 rings (SSSR count). The first-order chi connectivity index (χ1) is 11.8. The molecule has 5 heteroatoms. The Morgan fingerprint density at radius 1 is 1.08 bits per heavy atom. The van der Waals surface area contributed by atoms with Crippen LogP contribution in [-0.4, -0.2) is 15.0 Å². The van der Waals surface area contributed by atoms with Crippen molar-refractivity contribution >= 4 is 21.4 Å². The van der Waals surface area contributed by atoms with Crippen LogP contribution in [0.1, 0.15) is 53.5 Å². The number of sulfonamides is 1. The van der Waals surface area contributed by atoms with Gasteiger partial charge in [-0.3, -0.25) is 0 Å². The number of hydrogen-bond donors (Lipinski definition) is 1. The molecule has 3 nitrogen and oxygen atoms in total. The zero-order chi connectivity index (χ0) is 18.2. The third-order valence-electron chi connectivity index (χ3n) is 5.86. The van der Waals surface area contributed by atoms with Crippen LogP contribution in [-0.2, 0) is 15.4 Å². The number of hydrogen-bond acceptors (Lipinski definition) is 3. The van der Waals surface area contributed by atoms with Crippen LogP contribution in [0.4, 0.5) is 0 Å². The lowest BCUT2D eigenvalue weighted by atomic mass is 9.81. The standard InChI is InChI=1S/C20H27NO2S2/c1-14-11-15(2)17(4)19(16(14)3)25(22,23)21-13-20(8-5-6-9-20)18-7-10-24-12-18/h7,10-12,21H,5-6,8-9,13H2,1-4H3. The van der Waals surface area contributed by atoms with Crippen molar-refractivity contribution in [3.63, 3.8) is 0 Å². The summed E-state index contributed by atoms with van der Waals surface area (Å²) >= 11 is 1.69. The van der Waals surface area contributed by atoms with Gasteiger partial charge in [0.25, 0.3) is 0 Å². The molecule has 0 spiro atoms. The Hall–Kier alpha value is -1.17. The Kier molecular flexibility index (Phi) is 5.11. The van der Waals surface area contributed by atoms with E-state index in [2.05, 4.69) is 27.6 Å². The Morgan fingerprint density at radius 2 is 1.68 bits per heavy atom. The molecule has 0 aliphatic heterocycles. The van der Waals surface area contributed by atoms with Gasteiger partial charge in [0.15, 0.2) is 0 Å². The molecule has 0 unspecified atom stereocenters. The van der Waals surface area contributed by atoms with Crippen LogP contribution in [0.5, 0.6) is 0 Å². The summed E-state index contributed by atoms with van der Waals surface area (Å²) in [4.78, 5) is 0.462. The van der Waals surface area contributed by atoms with Crippen molar-refractivity contribution in [1.29, 1.82) is 0 Å². The summed E-state index contributed by atoms with van der Waals surface area (Å²) < 4.78 is 29.2. The molecule has 0 saturated heterocycles. The Morgan fingerprint density at radius 3 is 2.20 bits per heavy atom. The molecule has 1 aromatic carbocycles. The van der Waals surface area contributed by atoms with E-state index in [-0.39, 0.29) is 5.41 Å². The van der Waals surface area contributed by atoms with E-state index < -0.39 is 10.0 Å². The zero-order valence-corrected chi connectivity index (χ0v) is 17.1. The number of nitrogens with one attached hydrogen (secondary N) is 1. The van der Waals surface area contributed by atoms with Crippen LogP contribution >= 0.6 is 11.3 Å². The van der Waals surface area contributed by atoms with E-state index in [1.807, 2.05) is 27.7 Å². The van der Waals surface area contributed by atoms with Crippen molar-refractivity contribution in [3.8, 4) is 0 Å². The number of thiophene rings is 1. The molecule has 2 aromatic rings. The summed E-state index contributed by atoms with van der Waals surface area (Å²) in [5.74, 6) is 0. The molecule has 0 bridgehead atoms. The Labute approximate surface area is 155 Å². The minimum atomic E-state index is -3.53. The van der Waals surface area contributed by atoms with Crippen molar-refractivity contribution in [2.75, 3.05) is 6.54 Å². The number of benzene rings is 1. The smallest absolute Gasteiger partial charge is 0.210 e. The van der Waals surface area contributed by atoms with Crippen LogP contribution in [0.2, 0.25) is 0 Å². The first-order valence-corrected chi connectivity index (χ1v) is 11.3. The lowest BCUT2D eigenvalue weighted by molar-refractivity contribution is 0.433. The van der Waals surface area contributed by atoms with Crippen LogP contribution < -0.4 is 4.72 Å². The normalized spacial score (nSPS) is 17.1. The van der Waals surface area contributed by atoms with E-state index in [0.717, 1.165) is 35.1 Å². The second kappa shape index (κ2) is 6.86.